The van der Waals surface area contributed by atoms with Crippen molar-refractivity contribution in [2.45, 2.75) is 19.6 Å². The highest BCUT2D eigenvalue weighted by Gasteiger charge is 2.18. The Labute approximate surface area is 252 Å². The van der Waals surface area contributed by atoms with E-state index in [0.717, 1.165) is 11.1 Å². The molecule has 7 heteroatoms. The van der Waals surface area contributed by atoms with E-state index < -0.39 is 5.91 Å². The second-order valence-corrected chi connectivity index (χ2v) is 10.0. The van der Waals surface area contributed by atoms with Gasteiger partial charge in [-0.25, -0.2) is 0 Å². The Kier molecular flexibility index (Phi) is 9.21. The van der Waals surface area contributed by atoms with E-state index in [4.69, 9.17) is 17.0 Å². The number of furan rings is 1. The topological polar surface area (TPSA) is 80.6 Å². The summed E-state index contributed by atoms with van der Waals surface area (Å²) in [7, 11) is 7.37. The smallest absolute Gasteiger partial charge is 0.300 e. The number of rotatable bonds is 9. The number of anilines is 2. The van der Waals surface area contributed by atoms with Gasteiger partial charge in [-0.05, 0) is 48.7 Å². The zero-order valence-corrected chi connectivity index (χ0v) is 23.9. The van der Waals surface area contributed by atoms with Crippen molar-refractivity contribution in [3.63, 3.8) is 0 Å². The molecule has 1 aromatic heterocycles. The van der Waals surface area contributed by atoms with Crippen LogP contribution in [0.1, 0.15) is 32.8 Å². The molecule has 1 unspecified atom stereocenters. The summed E-state index contributed by atoms with van der Waals surface area (Å²) < 4.78 is 11.5. The summed E-state index contributed by atoms with van der Waals surface area (Å²) in [6.07, 6.45) is 0.208. The van der Waals surface area contributed by atoms with Crippen molar-refractivity contribution in [3.05, 3.63) is 137 Å². The van der Waals surface area contributed by atoms with E-state index in [1.807, 2.05) is 37.3 Å². The lowest BCUT2D eigenvalue weighted by Crippen LogP contribution is -2.25. The van der Waals surface area contributed by atoms with Crippen molar-refractivity contribution in [1.82, 2.24) is 0 Å². The van der Waals surface area contributed by atoms with Crippen LogP contribution in [0.5, 0.6) is 0 Å². The van der Waals surface area contributed by atoms with E-state index in [-0.39, 0.29) is 12.0 Å². The third-order valence-corrected chi connectivity index (χ3v) is 6.80. The molecule has 5 aromatic rings. The molecule has 2 N–H and O–H groups in total. The maximum absolute atomic E-state index is 13.6. The van der Waals surface area contributed by atoms with Gasteiger partial charge in [0.25, 0.3) is 0 Å². The highest BCUT2D eigenvalue weighted by Crippen LogP contribution is 2.26. The Hall–Kier alpha value is -5.32. The summed E-state index contributed by atoms with van der Waals surface area (Å²) >= 11 is 0. The summed E-state index contributed by atoms with van der Waals surface area (Å²) in [5, 5.41) is 6.12. The first kappa shape index (κ1) is 29.2. The lowest BCUT2D eigenvalue weighted by Gasteiger charge is -2.21. The van der Waals surface area contributed by atoms with Crippen LogP contribution in [0.2, 0.25) is 0 Å². The second kappa shape index (κ2) is 13.6. The molecule has 0 aliphatic carbocycles. The van der Waals surface area contributed by atoms with Crippen molar-refractivity contribution in [3.8, 4) is 23.2 Å². The van der Waals surface area contributed by atoms with E-state index in [2.05, 4.69) is 46.7 Å². The number of hydrogen-bond acceptors (Lipinski definition) is 5. The largest absolute Gasteiger partial charge is 0.448 e. The molecule has 0 saturated carbocycles. The molecule has 0 bridgehead atoms. The Morgan fingerprint density at radius 2 is 1.65 bits per heavy atom. The summed E-state index contributed by atoms with van der Waals surface area (Å²) in [5.41, 5.74) is 5.71. The molecule has 210 valence electrons. The molecule has 0 aliphatic rings. The number of hydrogen-bond donors (Lipinski definition) is 2. The molecule has 43 heavy (non-hydrogen) atoms. The van der Waals surface area contributed by atoms with Crippen LogP contribution in [0.15, 0.2) is 114 Å². The number of aryl methyl sites for hydroxylation is 1. The predicted molar refractivity (Wildman–Crippen MR) is 171 cm³/mol. The molecule has 4 aromatic carbocycles. The average molecular weight is 564 g/mol. The van der Waals surface area contributed by atoms with Gasteiger partial charge in [-0.2, -0.15) is 0 Å². The maximum Gasteiger partial charge on any atom is 0.300 e. The number of nitrogens with one attached hydrogen (secondary N) is 2. The van der Waals surface area contributed by atoms with E-state index >= 15 is 0 Å². The van der Waals surface area contributed by atoms with Gasteiger partial charge in [0, 0.05) is 47.5 Å². The molecule has 5 rings (SSSR count). The third-order valence-electron chi connectivity index (χ3n) is 6.80. The molecular formula is C36H29BN2O4. The molecule has 2 radical (unpaired) electrons. The minimum Gasteiger partial charge on any atom is -0.448 e. The number of ketones is 1. The standard InChI is InChI=1S/C36H29BN2O4/c1-24-8-10-25(11-9-24)22-35(42-2)39-32-19-16-29(23-31(32)36(41)27-6-4-3-5-7-27)38-34(40)21-18-30-17-20-33(43-30)26-12-14-28(37)15-13-26/h3-17,19-20,23,35,39H,22H2,1-2H3,(H,38,40). The molecule has 1 heterocycles. The van der Waals surface area contributed by atoms with Crippen molar-refractivity contribution in [2.24, 2.45) is 0 Å². The van der Waals surface area contributed by atoms with Crippen LogP contribution in [0.4, 0.5) is 11.4 Å². The predicted octanol–water partition coefficient (Wildman–Crippen LogP) is 5.90. The van der Waals surface area contributed by atoms with Gasteiger partial charge in [-0.15, -0.1) is 0 Å². The van der Waals surface area contributed by atoms with Crippen molar-refractivity contribution in [1.29, 1.82) is 0 Å². The van der Waals surface area contributed by atoms with Gasteiger partial charge >= 0.3 is 5.91 Å². The average Bonchev–Trinajstić information content (AvgIpc) is 3.51. The number of carbonyl (C=O) groups excluding carboxylic acids is 2. The number of methoxy groups -OCH3 is 1. The zero-order chi connectivity index (χ0) is 30.2. The summed E-state index contributed by atoms with van der Waals surface area (Å²) in [4.78, 5) is 26.3. The maximum atomic E-state index is 13.6. The number of amides is 1. The van der Waals surface area contributed by atoms with Crippen LogP contribution in [-0.4, -0.2) is 32.9 Å². The molecule has 0 saturated heterocycles. The van der Waals surface area contributed by atoms with Crippen LogP contribution < -0.4 is 16.1 Å². The lowest BCUT2D eigenvalue weighted by molar-refractivity contribution is -0.111. The fourth-order valence-corrected chi connectivity index (χ4v) is 4.47. The van der Waals surface area contributed by atoms with E-state index in [9.17, 15) is 9.59 Å². The van der Waals surface area contributed by atoms with Gasteiger partial charge < -0.3 is 19.8 Å². The molecule has 0 spiro atoms. The van der Waals surface area contributed by atoms with Gasteiger partial charge in [0.15, 0.2) is 11.5 Å². The normalized spacial score (nSPS) is 11.2. The minimum atomic E-state index is -0.543. The summed E-state index contributed by atoms with van der Waals surface area (Å²) in [6, 6.07) is 33.1. The van der Waals surface area contributed by atoms with Gasteiger partial charge in [0.05, 0.1) is 0 Å². The van der Waals surface area contributed by atoms with Crippen molar-refractivity contribution < 1.29 is 18.7 Å². The molecular weight excluding hydrogens is 535 g/mol. The first-order chi connectivity index (χ1) is 20.9. The lowest BCUT2D eigenvalue weighted by atomic mass is 9.95. The fourth-order valence-electron chi connectivity index (χ4n) is 4.47. The molecule has 1 amide bonds. The van der Waals surface area contributed by atoms with Crippen LogP contribution in [0.3, 0.4) is 0 Å². The van der Waals surface area contributed by atoms with Crippen molar-refractivity contribution >= 4 is 36.4 Å². The number of ether oxygens (including phenoxy) is 1. The van der Waals surface area contributed by atoms with Gasteiger partial charge in [0.1, 0.15) is 19.8 Å². The van der Waals surface area contributed by atoms with Crippen molar-refractivity contribution in [2.75, 3.05) is 17.7 Å². The van der Waals surface area contributed by atoms with Crippen LogP contribution in [0.25, 0.3) is 11.3 Å². The fraction of sp³-hybridized carbons (Fsp3) is 0.111. The highest BCUT2D eigenvalue weighted by atomic mass is 16.5. The minimum absolute atomic E-state index is 0.193. The van der Waals surface area contributed by atoms with Gasteiger partial charge in [-0.3, -0.25) is 9.59 Å². The summed E-state index contributed by atoms with van der Waals surface area (Å²) in [6.45, 7) is 2.04. The zero-order valence-electron chi connectivity index (χ0n) is 23.9. The van der Waals surface area contributed by atoms with E-state index in [1.165, 1.54) is 5.56 Å². The third kappa shape index (κ3) is 7.70. The SMILES string of the molecule is [B]c1ccc(-c2ccc(C#CC(=O)Nc3ccc(NC(Cc4ccc(C)cc4)OC)c(C(=O)c4ccccc4)c3)o2)cc1. The Bertz CT molecular complexity index is 1780. The van der Waals surface area contributed by atoms with Crippen LogP contribution in [0, 0.1) is 18.8 Å². The summed E-state index contributed by atoms with van der Waals surface area (Å²) in [5.74, 6) is 5.54. The van der Waals surface area contributed by atoms with Gasteiger partial charge in [-0.1, -0.05) is 89.9 Å². The van der Waals surface area contributed by atoms with E-state index in [0.29, 0.717) is 45.9 Å². The van der Waals surface area contributed by atoms with E-state index in [1.54, 1.807) is 61.7 Å². The second-order valence-electron chi connectivity index (χ2n) is 10.0. The monoisotopic (exact) mass is 564 g/mol. The molecule has 0 aliphatic heterocycles. The van der Waals surface area contributed by atoms with Crippen LogP contribution >= 0.6 is 0 Å². The van der Waals surface area contributed by atoms with Crippen LogP contribution in [-0.2, 0) is 16.0 Å². The first-order valence-electron chi connectivity index (χ1n) is 13.8. The Balaban J connectivity index is 1.34. The molecule has 0 fully saturated rings. The quantitative estimate of drug-likeness (QED) is 0.101. The number of carbonyl (C=O) groups is 2. The van der Waals surface area contributed by atoms with Gasteiger partial charge in [0.2, 0.25) is 0 Å². The Morgan fingerprint density at radius 1 is 0.907 bits per heavy atom. The number of benzene rings is 4. The highest BCUT2D eigenvalue weighted by molar-refractivity contribution is 6.32. The first-order valence-corrected chi connectivity index (χ1v) is 13.8. The molecule has 6 nitrogen and oxygen atoms in total. The Morgan fingerprint density at radius 3 is 2.37 bits per heavy atom. The molecule has 1 atom stereocenters.